The number of nitrogens with two attached hydrogens (primary N) is 1. The van der Waals surface area contributed by atoms with Gasteiger partial charge in [0.2, 0.25) is 17.7 Å². The van der Waals surface area contributed by atoms with Crippen molar-refractivity contribution in [3.8, 4) is 0 Å². The van der Waals surface area contributed by atoms with Crippen molar-refractivity contribution in [1.82, 2.24) is 20.9 Å². The predicted octanol–water partition coefficient (Wildman–Crippen LogP) is 2.42. The number of nitrogens with one attached hydrogen (secondary N) is 4. The molecule has 0 unspecified atom stereocenters. The van der Waals surface area contributed by atoms with Crippen LogP contribution in [0.1, 0.15) is 52.5 Å². The largest absolute Gasteiger partial charge is 0.480 e. The molecule has 1 aromatic carbocycles. The Kier molecular flexibility index (Phi) is 12.8. The summed E-state index contributed by atoms with van der Waals surface area (Å²) in [5.74, 6) is -2.18. The molecule has 216 valence electrons. The van der Waals surface area contributed by atoms with Crippen LogP contribution in [0.2, 0.25) is 0 Å². The van der Waals surface area contributed by atoms with E-state index in [-0.39, 0.29) is 24.7 Å². The number of amides is 3. The Morgan fingerprint density at radius 3 is 2.28 bits per heavy atom. The number of thioether (sulfide) groups is 1. The van der Waals surface area contributed by atoms with Gasteiger partial charge in [0.25, 0.3) is 0 Å². The Balaban J connectivity index is 2.32. The molecule has 5 atom stereocenters. The van der Waals surface area contributed by atoms with E-state index in [4.69, 9.17) is 5.73 Å². The summed E-state index contributed by atoms with van der Waals surface area (Å²) in [5, 5.41) is 18.8. The zero-order valence-electron chi connectivity index (χ0n) is 23.5. The highest BCUT2D eigenvalue weighted by molar-refractivity contribution is 7.98. The van der Waals surface area contributed by atoms with Gasteiger partial charge in [-0.2, -0.15) is 11.8 Å². The molecule has 2 aromatic rings. The fourth-order valence-electron chi connectivity index (χ4n) is 4.29. The summed E-state index contributed by atoms with van der Waals surface area (Å²) in [6.07, 6.45) is 5.15. The van der Waals surface area contributed by atoms with Crippen molar-refractivity contribution in [1.29, 1.82) is 0 Å². The minimum absolute atomic E-state index is 0.0355. The SMILES string of the molecule is CC[C@H](C)[C@H](NC(=O)[C@@H](N)CCSC)C(=O)N[C@@H](Cc1c[nH]c2ccccc12)C(=O)N[C@@H](CC(C)C)C(=O)O. The lowest BCUT2D eigenvalue weighted by molar-refractivity contribution is -0.142. The highest BCUT2D eigenvalue weighted by Gasteiger charge is 2.33. The van der Waals surface area contributed by atoms with Gasteiger partial charge in [0.1, 0.15) is 18.1 Å². The van der Waals surface area contributed by atoms with Crippen LogP contribution in [-0.2, 0) is 25.6 Å². The van der Waals surface area contributed by atoms with E-state index >= 15 is 0 Å². The number of benzene rings is 1. The van der Waals surface area contributed by atoms with Crippen molar-refractivity contribution < 1.29 is 24.3 Å². The molecule has 2 rings (SSSR count). The first-order chi connectivity index (χ1) is 18.5. The first-order valence-electron chi connectivity index (χ1n) is 13.4. The summed E-state index contributed by atoms with van der Waals surface area (Å²) in [6, 6.07) is 3.76. The highest BCUT2D eigenvalue weighted by Crippen LogP contribution is 2.20. The number of aromatic amines is 1. The van der Waals surface area contributed by atoms with E-state index < -0.39 is 47.9 Å². The normalized spacial score (nSPS) is 15.3. The summed E-state index contributed by atoms with van der Waals surface area (Å²) >= 11 is 1.58. The third-order valence-electron chi connectivity index (χ3n) is 6.82. The second-order valence-electron chi connectivity index (χ2n) is 10.4. The van der Waals surface area contributed by atoms with Crippen LogP contribution in [0.5, 0.6) is 0 Å². The molecule has 11 heteroatoms. The quantitative estimate of drug-likeness (QED) is 0.183. The monoisotopic (exact) mass is 561 g/mol. The molecule has 1 aromatic heterocycles. The lowest BCUT2D eigenvalue weighted by atomic mass is 9.96. The molecular weight excluding hydrogens is 518 g/mol. The van der Waals surface area contributed by atoms with Crippen LogP contribution in [0, 0.1) is 11.8 Å². The van der Waals surface area contributed by atoms with Gasteiger partial charge in [-0.25, -0.2) is 4.79 Å². The maximum Gasteiger partial charge on any atom is 0.326 e. The fourth-order valence-corrected chi connectivity index (χ4v) is 4.78. The predicted molar refractivity (Wildman–Crippen MR) is 155 cm³/mol. The number of fused-ring (bicyclic) bond motifs is 1. The second kappa shape index (κ2) is 15.5. The molecule has 7 N–H and O–H groups in total. The molecule has 0 aliphatic heterocycles. The van der Waals surface area contributed by atoms with Crippen molar-refractivity contribution in [2.75, 3.05) is 12.0 Å². The van der Waals surface area contributed by atoms with Crippen LogP contribution in [0.4, 0.5) is 0 Å². The lowest BCUT2D eigenvalue weighted by Crippen LogP contribution is -2.59. The first kappa shape index (κ1) is 32.2. The Labute approximate surface area is 234 Å². The summed E-state index contributed by atoms with van der Waals surface area (Å²) in [6.45, 7) is 7.49. The Morgan fingerprint density at radius 2 is 1.67 bits per heavy atom. The molecule has 0 radical (unpaired) electrons. The van der Waals surface area contributed by atoms with E-state index in [1.807, 2.05) is 58.2 Å². The average Bonchev–Trinajstić information content (AvgIpc) is 3.31. The molecule has 0 spiro atoms. The Morgan fingerprint density at radius 1 is 1.00 bits per heavy atom. The van der Waals surface area contributed by atoms with E-state index in [1.165, 1.54) is 0 Å². The molecule has 0 bridgehead atoms. The van der Waals surface area contributed by atoms with Gasteiger partial charge in [-0.3, -0.25) is 14.4 Å². The molecule has 39 heavy (non-hydrogen) atoms. The van der Waals surface area contributed by atoms with Gasteiger partial charge in [-0.05, 0) is 48.3 Å². The van der Waals surface area contributed by atoms with Gasteiger partial charge in [0, 0.05) is 23.5 Å². The summed E-state index contributed by atoms with van der Waals surface area (Å²) in [4.78, 5) is 54.7. The van der Waals surface area contributed by atoms with Crippen molar-refractivity contribution in [2.24, 2.45) is 17.6 Å². The Hall–Kier alpha value is -3.05. The van der Waals surface area contributed by atoms with E-state index in [1.54, 1.807) is 18.0 Å². The number of carbonyl (C=O) groups is 4. The average molecular weight is 562 g/mol. The van der Waals surface area contributed by atoms with Crippen molar-refractivity contribution in [2.45, 2.75) is 77.5 Å². The maximum absolute atomic E-state index is 13.5. The molecule has 0 saturated carbocycles. The number of aliphatic carboxylic acids is 1. The third kappa shape index (κ3) is 9.58. The molecule has 0 aliphatic carbocycles. The van der Waals surface area contributed by atoms with Crippen molar-refractivity contribution in [3.63, 3.8) is 0 Å². The third-order valence-corrected chi connectivity index (χ3v) is 7.46. The van der Waals surface area contributed by atoms with Gasteiger partial charge in [0.05, 0.1) is 6.04 Å². The number of aromatic nitrogens is 1. The number of carboxylic acid groups (broad SMARTS) is 1. The fraction of sp³-hybridized carbons (Fsp3) is 0.571. The van der Waals surface area contributed by atoms with Gasteiger partial charge < -0.3 is 31.8 Å². The zero-order valence-corrected chi connectivity index (χ0v) is 24.3. The van der Waals surface area contributed by atoms with Gasteiger partial charge in [-0.1, -0.05) is 52.3 Å². The van der Waals surface area contributed by atoms with E-state index in [0.717, 1.165) is 16.5 Å². The summed E-state index contributed by atoms with van der Waals surface area (Å²) < 4.78 is 0. The highest BCUT2D eigenvalue weighted by atomic mass is 32.2. The molecular formula is C28H43N5O5S. The lowest BCUT2D eigenvalue weighted by Gasteiger charge is -2.28. The minimum Gasteiger partial charge on any atom is -0.480 e. The van der Waals surface area contributed by atoms with Gasteiger partial charge >= 0.3 is 5.97 Å². The number of hydrogen-bond donors (Lipinski definition) is 6. The van der Waals surface area contributed by atoms with Gasteiger partial charge in [0.15, 0.2) is 0 Å². The smallest absolute Gasteiger partial charge is 0.326 e. The first-order valence-corrected chi connectivity index (χ1v) is 14.8. The number of carbonyl (C=O) groups excluding carboxylic acids is 3. The van der Waals surface area contributed by atoms with E-state index in [2.05, 4.69) is 20.9 Å². The number of rotatable bonds is 16. The molecule has 0 aliphatic rings. The number of para-hydroxylation sites is 1. The van der Waals surface area contributed by atoms with Crippen molar-refractivity contribution in [3.05, 3.63) is 36.0 Å². The van der Waals surface area contributed by atoms with E-state index in [9.17, 15) is 24.3 Å². The zero-order chi connectivity index (χ0) is 29.1. The second-order valence-corrected chi connectivity index (χ2v) is 11.4. The molecule has 1 heterocycles. The molecule has 0 saturated heterocycles. The van der Waals surface area contributed by atoms with Crippen LogP contribution in [-0.4, -0.2) is 70.0 Å². The molecule has 0 fully saturated rings. The molecule has 10 nitrogen and oxygen atoms in total. The van der Waals surface area contributed by atoms with Gasteiger partial charge in [-0.15, -0.1) is 0 Å². The van der Waals surface area contributed by atoms with E-state index in [0.29, 0.717) is 18.6 Å². The standard InChI is InChI=1S/C28H43N5O5S/c1-6-17(4)24(33-25(34)20(29)11-12-39-5)27(36)31-22(26(35)32-23(28(37)38)13-16(2)3)14-18-15-30-21-10-8-7-9-19(18)21/h7-10,15-17,20,22-24,30H,6,11-14,29H2,1-5H3,(H,31,36)(H,32,35)(H,33,34)(H,37,38)/t17-,20-,22-,23-,24-/m0/s1. The van der Waals surface area contributed by atoms with Crippen LogP contribution in [0.15, 0.2) is 30.5 Å². The summed E-state index contributed by atoms with van der Waals surface area (Å²) in [7, 11) is 0. The van der Waals surface area contributed by atoms with Crippen LogP contribution in [0.25, 0.3) is 10.9 Å². The number of carboxylic acids is 1. The van der Waals surface area contributed by atoms with Crippen LogP contribution < -0.4 is 21.7 Å². The minimum atomic E-state index is -1.14. The topological polar surface area (TPSA) is 166 Å². The number of hydrogen-bond acceptors (Lipinski definition) is 6. The van der Waals surface area contributed by atoms with Crippen molar-refractivity contribution >= 4 is 46.4 Å². The van der Waals surface area contributed by atoms with Crippen LogP contribution >= 0.6 is 11.8 Å². The molecule has 3 amide bonds. The summed E-state index contributed by atoms with van der Waals surface area (Å²) in [5.41, 5.74) is 7.70. The Bertz CT molecular complexity index is 1120. The van der Waals surface area contributed by atoms with Crippen LogP contribution in [0.3, 0.4) is 0 Å². The number of H-pyrrole nitrogens is 1. The maximum atomic E-state index is 13.5.